The maximum Gasteiger partial charge on any atom is 0.195 e. The van der Waals surface area contributed by atoms with E-state index < -0.39 is 0 Å². The zero-order valence-electron chi connectivity index (χ0n) is 10.8. The summed E-state index contributed by atoms with van der Waals surface area (Å²) in [5, 5.41) is 1.34. The van der Waals surface area contributed by atoms with Gasteiger partial charge in [0, 0.05) is 22.3 Å². The van der Waals surface area contributed by atoms with E-state index in [2.05, 4.69) is 4.98 Å². The van der Waals surface area contributed by atoms with Crippen molar-refractivity contribution in [2.24, 2.45) is 0 Å². The van der Waals surface area contributed by atoms with Crippen LogP contribution in [0, 0.1) is 0 Å². The van der Waals surface area contributed by atoms with Crippen LogP contribution in [0.1, 0.15) is 15.9 Å². The van der Waals surface area contributed by atoms with Gasteiger partial charge in [-0.25, -0.2) is 0 Å². The van der Waals surface area contributed by atoms with E-state index in [4.69, 9.17) is 16.3 Å². The largest absolute Gasteiger partial charge is 0.496 e. The summed E-state index contributed by atoms with van der Waals surface area (Å²) in [6.07, 6.45) is 1.70. The highest BCUT2D eigenvalue weighted by molar-refractivity contribution is 6.31. The van der Waals surface area contributed by atoms with Crippen molar-refractivity contribution < 1.29 is 9.53 Å². The van der Waals surface area contributed by atoms with E-state index in [1.165, 1.54) is 0 Å². The highest BCUT2D eigenvalue weighted by Gasteiger charge is 2.17. The Kier molecular flexibility index (Phi) is 3.20. The maximum atomic E-state index is 12.6. The molecule has 0 fully saturated rings. The molecule has 2 aromatic carbocycles. The van der Waals surface area contributed by atoms with E-state index in [0.29, 0.717) is 21.9 Å². The number of fused-ring (bicyclic) bond motifs is 1. The lowest BCUT2D eigenvalue weighted by molar-refractivity contribution is 0.104. The summed E-state index contributed by atoms with van der Waals surface area (Å²) < 4.78 is 5.34. The number of aromatic amines is 1. The molecule has 0 aliphatic carbocycles. The van der Waals surface area contributed by atoms with Crippen molar-refractivity contribution in [2.45, 2.75) is 0 Å². The first-order valence-electron chi connectivity index (χ1n) is 6.15. The van der Waals surface area contributed by atoms with Gasteiger partial charge < -0.3 is 9.72 Å². The quantitative estimate of drug-likeness (QED) is 0.737. The van der Waals surface area contributed by atoms with Crippen LogP contribution in [0.5, 0.6) is 5.75 Å². The molecule has 0 aliphatic heterocycles. The molecule has 20 heavy (non-hydrogen) atoms. The summed E-state index contributed by atoms with van der Waals surface area (Å²) in [5.41, 5.74) is 2.01. The average Bonchev–Trinajstić information content (AvgIpc) is 2.90. The van der Waals surface area contributed by atoms with Gasteiger partial charge in [-0.3, -0.25) is 4.79 Å². The first kappa shape index (κ1) is 12.8. The van der Waals surface area contributed by atoms with E-state index in [-0.39, 0.29) is 5.78 Å². The highest BCUT2D eigenvalue weighted by atomic mass is 35.5. The number of benzene rings is 2. The Morgan fingerprint density at radius 3 is 2.75 bits per heavy atom. The fourth-order valence-corrected chi connectivity index (χ4v) is 2.48. The molecule has 1 heterocycles. The minimum Gasteiger partial charge on any atom is -0.496 e. The summed E-state index contributed by atoms with van der Waals surface area (Å²) in [4.78, 5) is 15.7. The van der Waals surface area contributed by atoms with Crippen LogP contribution in [0.15, 0.2) is 48.7 Å². The Bertz CT molecular complexity index is 792. The van der Waals surface area contributed by atoms with Crippen LogP contribution in [0.2, 0.25) is 5.02 Å². The number of carbonyl (C=O) groups excluding carboxylic acids is 1. The number of hydrogen-bond acceptors (Lipinski definition) is 2. The molecule has 1 aromatic heterocycles. The van der Waals surface area contributed by atoms with Crippen molar-refractivity contribution in [2.75, 3.05) is 7.11 Å². The van der Waals surface area contributed by atoms with E-state index in [9.17, 15) is 4.79 Å². The Labute approximate surface area is 121 Å². The Morgan fingerprint density at radius 2 is 2.00 bits per heavy atom. The van der Waals surface area contributed by atoms with Gasteiger partial charge in [0.2, 0.25) is 0 Å². The Hall–Kier alpha value is -2.26. The van der Waals surface area contributed by atoms with Gasteiger partial charge in [-0.15, -0.1) is 0 Å². The predicted molar refractivity (Wildman–Crippen MR) is 79.7 cm³/mol. The van der Waals surface area contributed by atoms with Crippen molar-refractivity contribution in [3.8, 4) is 5.75 Å². The molecule has 3 rings (SSSR count). The Balaban J connectivity index is 2.17. The second-order valence-electron chi connectivity index (χ2n) is 4.42. The van der Waals surface area contributed by atoms with Crippen molar-refractivity contribution in [1.82, 2.24) is 4.98 Å². The summed E-state index contributed by atoms with van der Waals surface area (Å²) in [6, 6.07) is 12.6. The van der Waals surface area contributed by atoms with E-state index in [1.54, 1.807) is 37.6 Å². The van der Waals surface area contributed by atoms with E-state index in [0.717, 1.165) is 10.9 Å². The molecule has 3 aromatic rings. The molecule has 0 radical (unpaired) electrons. The van der Waals surface area contributed by atoms with Gasteiger partial charge in [0.1, 0.15) is 5.75 Å². The molecule has 0 atom stereocenters. The summed E-state index contributed by atoms with van der Waals surface area (Å²) in [7, 11) is 1.59. The highest BCUT2D eigenvalue weighted by Crippen LogP contribution is 2.30. The smallest absolute Gasteiger partial charge is 0.195 e. The van der Waals surface area contributed by atoms with Gasteiger partial charge in [0.05, 0.1) is 18.1 Å². The lowest BCUT2D eigenvalue weighted by Gasteiger charge is -2.04. The second-order valence-corrected chi connectivity index (χ2v) is 4.86. The van der Waals surface area contributed by atoms with Crippen molar-refractivity contribution >= 4 is 28.3 Å². The van der Waals surface area contributed by atoms with Crippen LogP contribution in [0.4, 0.5) is 0 Å². The van der Waals surface area contributed by atoms with Crippen LogP contribution in [-0.4, -0.2) is 17.9 Å². The number of methoxy groups -OCH3 is 1. The zero-order valence-corrected chi connectivity index (χ0v) is 11.6. The van der Waals surface area contributed by atoms with E-state index in [1.807, 2.05) is 18.2 Å². The molecule has 3 nitrogen and oxygen atoms in total. The standard InChI is InChI=1S/C16H12ClNO2/c1-20-14-7-3-6-13-15(14)12(9-18-13)16(19)10-4-2-5-11(17)8-10/h2-9,18H,1H3. The van der Waals surface area contributed by atoms with Gasteiger partial charge in [-0.05, 0) is 24.3 Å². The van der Waals surface area contributed by atoms with Crippen molar-refractivity contribution in [3.05, 3.63) is 64.8 Å². The van der Waals surface area contributed by atoms with Gasteiger partial charge >= 0.3 is 0 Å². The van der Waals surface area contributed by atoms with Crippen molar-refractivity contribution in [1.29, 1.82) is 0 Å². The van der Waals surface area contributed by atoms with Gasteiger partial charge in [0.25, 0.3) is 0 Å². The van der Waals surface area contributed by atoms with Crippen LogP contribution in [0.25, 0.3) is 10.9 Å². The second kappa shape index (κ2) is 5.02. The number of ketones is 1. The third-order valence-electron chi connectivity index (χ3n) is 3.22. The third-order valence-corrected chi connectivity index (χ3v) is 3.45. The molecule has 0 unspecified atom stereocenters. The number of nitrogens with one attached hydrogen (secondary N) is 1. The molecular formula is C16H12ClNO2. The monoisotopic (exact) mass is 285 g/mol. The van der Waals surface area contributed by atoms with Crippen LogP contribution in [-0.2, 0) is 0 Å². The minimum atomic E-state index is -0.0803. The third kappa shape index (κ3) is 2.06. The molecule has 1 N–H and O–H groups in total. The SMILES string of the molecule is COc1cccc2[nH]cc(C(=O)c3cccc(Cl)c3)c12. The van der Waals surface area contributed by atoms with E-state index >= 15 is 0 Å². The molecule has 0 spiro atoms. The van der Waals surface area contributed by atoms with Gasteiger partial charge in [-0.1, -0.05) is 29.8 Å². The van der Waals surface area contributed by atoms with Gasteiger partial charge in [-0.2, -0.15) is 0 Å². The molecular weight excluding hydrogens is 274 g/mol. The zero-order chi connectivity index (χ0) is 14.1. The molecule has 0 saturated carbocycles. The average molecular weight is 286 g/mol. The topological polar surface area (TPSA) is 42.1 Å². The number of ether oxygens (including phenoxy) is 1. The lowest BCUT2D eigenvalue weighted by Crippen LogP contribution is -2.00. The number of halogens is 1. The predicted octanol–water partition coefficient (Wildman–Crippen LogP) is 4.06. The van der Waals surface area contributed by atoms with Crippen LogP contribution in [0.3, 0.4) is 0 Å². The maximum absolute atomic E-state index is 12.6. The first-order chi connectivity index (χ1) is 9.70. The van der Waals surface area contributed by atoms with Crippen LogP contribution >= 0.6 is 11.6 Å². The summed E-state index contributed by atoms with van der Waals surface area (Å²) in [5.74, 6) is 0.595. The first-order valence-corrected chi connectivity index (χ1v) is 6.53. The summed E-state index contributed by atoms with van der Waals surface area (Å²) >= 11 is 5.94. The number of hydrogen-bond donors (Lipinski definition) is 1. The molecule has 0 saturated heterocycles. The number of H-pyrrole nitrogens is 1. The van der Waals surface area contributed by atoms with Crippen molar-refractivity contribution in [3.63, 3.8) is 0 Å². The Morgan fingerprint density at radius 1 is 1.20 bits per heavy atom. The molecule has 0 bridgehead atoms. The normalized spacial score (nSPS) is 10.7. The fraction of sp³-hybridized carbons (Fsp3) is 0.0625. The van der Waals surface area contributed by atoms with Crippen LogP contribution < -0.4 is 4.74 Å². The lowest BCUT2D eigenvalue weighted by atomic mass is 10.0. The number of aromatic nitrogens is 1. The fourth-order valence-electron chi connectivity index (χ4n) is 2.29. The van der Waals surface area contributed by atoms with Gasteiger partial charge in [0.15, 0.2) is 5.78 Å². The molecule has 4 heteroatoms. The summed E-state index contributed by atoms with van der Waals surface area (Å²) in [6.45, 7) is 0. The number of carbonyl (C=O) groups is 1. The minimum absolute atomic E-state index is 0.0803. The molecule has 100 valence electrons. The molecule has 0 amide bonds. The number of rotatable bonds is 3. The molecule has 0 aliphatic rings.